The molecular formula is C13H12BrClN2O2S. The van der Waals surface area contributed by atoms with Gasteiger partial charge in [0.15, 0.2) is 5.16 Å². The van der Waals surface area contributed by atoms with Crippen LogP contribution in [-0.4, -0.2) is 26.4 Å². The van der Waals surface area contributed by atoms with Crippen molar-refractivity contribution in [1.82, 2.24) is 9.55 Å². The Morgan fingerprint density at radius 3 is 2.90 bits per heavy atom. The summed E-state index contributed by atoms with van der Waals surface area (Å²) < 4.78 is 2.76. The molecule has 0 unspecified atom stereocenters. The summed E-state index contributed by atoms with van der Waals surface area (Å²) in [6, 6.07) is 5.61. The fourth-order valence-electron chi connectivity index (χ4n) is 1.75. The summed E-state index contributed by atoms with van der Waals surface area (Å²) in [6.07, 6.45) is 2.56. The van der Waals surface area contributed by atoms with Crippen molar-refractivity contribution in [1.29, 1.82) is 0 Å². The highest BCUT2D eigenvalue weighted by Crippen LogP contribution is 2.29. The Bertz CT molecular complexity index is 645. The van der Waals surface area contributed by atoms with E-state index in [9.17, 15) is 4.79 Å². The van der Waals surface area contributed by atoms with Gasteiger partial charge in [0.25, 0.3) is 0 Å². The number of aliphatic carboxylic acids is 1. The van der Waals surface area contributed by atoms with Crippen molar-refractivity contribution in [2.75, 3.05) is 5.75 Å². The smallest absolute Gasteiger partial charge is 0.313 e. The van der Waals surface area contributed by atoms with Crippen molar-refractivity contribution >= 4 is 45.3 Å². The normalized spacial score (nSPS) is 10.8. The largest absolute Gasteiger partial charge is 0.481 e. The zero-order valence-electron chi connectivity index (χ0n) is 10.6. The molecule has 0 bridgehead atoms. The maximum absolute atomic E-state index is 10.7. The summed E-state index contributed by atoms with van der Waals surface area (Å²) >= 11 is 10.7. The summed E-state index contributed by atoms with van der Waals surface area (Å²) in [5, 5.41) is 10.1. The van der Waals surface area contributed by atoms with Crippen molar-refractivity contribution in [3.63, 3.8) is 0 Å². The van der Waals surface area contributed by atoms with Gasteiger partial charge in [0.2, 0.25) is 0 Å². The molecule has 0 aliphatic heterocycles. The number of carboxylic acids is 1. The van der Waals surface area contributed by atoms with Crippen LogP contribution in [0.3, 0.4) is 0 Å². The number of hydrogen-bond acceptors (Lipinski definition) is 3. The van der Waals surface area contributed by atoms with E-state index in [1.165, 1.54) is 11.8 Å². The van der Waals surface area contributed by atoms with Gasteiger partial charge in [-0.1, -0.05) is 30.3 Å². The Morgan fingerprint density at radius 1 is 1.55 bits per heavy atom. The molecule has 1 aromatic carbocycles. The van der Waals surface area contributed by atoms with Gasteiger partial charge >= 0.3 is 5.97 Å². The Balaban J connectivity index is 2.44. The Labute approximate surface area is 134 Å². The predicted molar refractivity (Wildman–Crippen MR) is 84.0 cm³/mol. The van der Waals surface area contributed by atoms with Crippen LogP contribution in [0, 0.1) is 0 Å². The monoisotopic (exact) mass is 374 g/mol. The van der Waals surface area contributed by atoms with E-state index in [2.05, 4.69) is 20.9 Å². The molecule has 1 heterocycles. The summed E-state index contributed by atoms with van der Waals surface area (Å²) in [4.78, 5) is 15.0. The van der Waals surface area contributed by atoms with Gasteiger partial charge < -0.3 is 5.11 Å². The molecule has 0 aliphatic rings. The van der Waals surface area contributed by atoms with E-state index in [0.717, 1.165) is 22.3 Å². The minimum atomic E-state index is -0.864. The predicted octanol–water partition coefficient (Wildman–Crippen LogP) is 4.03. The molecule has 0 spiro atoms. The first-order chi connectivity index (χ1) is 9.52. The van der Waals surface area contributed by atoms with E-state index in [1.807, 2.05) is 29.7 Å². The summed E-state index contributed by atoms with van der Waals surface area (Å²) in [6.45, 7) is 2.03. The molecule has 0 saturated heterocycles. The first kappa shape index (κ1) is 15.4. The van der Waals surface area contributed by atoms with Gasteiger partial charge in [0.05, 0.1) is 10.8 Å². The second-order valence-corrected chi connectivity index (χ2v) is 6.21. The Morgan fingerprint density at radius 2 is 2.30 bits per heavy atom. The third kappa shape index (κ3) is 3.37. The molecule has 0 aliphatic carbocycles. The molecule has 106 valence electrons. The fourth-order valence-corrected chi connectivity index (χ4v) is 2.90. The minimum absolute atomic E-state index is 0.0234. The molecule has 0 atom stereocenters. The first-order valence-electron chi connectivity index (χ1n) is 5.89. The second kappa shape index (κ2) is 6.65. The molecule has 2 rings (SSSR count). The van der Waals surface area contributed by atoms with E-state index in [-0.39, 0.29) is 5.75 Å². The van der Waals surface area contributed by atoms with E-state index >= 15 is 0 Å². The number of carbonyl (C=O) groups is 1. The van der Waals surface area contributed by atoms with Crippen LogP contribution >= 0.6 is 39.3 Å². The fraction of sp³-hybridized carbons (Fsp3) is 0.231. The van der Waals surface area contributed by atoms with Crippen LogP contribution in [0.4, 0.5) is 0 Å². The SMILES string of the molecule is CCc1cnc(SCC(=O)O)n1-c1ccc(Br)c(Cl)c1. The van der Waals surface area contributed by atoms with E-state index < -0.39 is 5.97 Å². The molecule has 0 fully saturated rings. The van der Waals surface area contributed by atoms with Crippen molar-refractivity contribution in [3.8, 4) is 5.69 Å². The number of aromatic nitrogens is 2. The molecule has 4 nitrogen and oxygen atoms in total. The lowest BCUT2D eigenvalue weighted by Gasteiger charge is -2.11. The van der Waals surface area contributed by atoms with Gasteiger partial charge in [0.1, 0.15) is 0 Å². The summed E-state index contributed by atoms with van der Waals surface area (Å²) in [7, 11) is 0. The highest BCUT2D eigenvalue weighted by molar-refractivity contribution is 9.10. The molecule has 1 aromatic heterocycles. The van der Waals surface area contributed by atoms with Crippen molar-refractivity contribution in [2.45, 2.75) is 18.5 Å². The van der Waals surface area contributed by atoms with Crippen LogP contribution in [0.5, 0.6) is 0 Å². The molecule has 1 N–H and O–H groups in total. The lowest BCUT2D eigenvalue weighted by atomic mass is 10.3. The van der Waals surface area contributed by atoms with Gasteiger partial charge in [-0.2, -0.15) is 0 Å². The van der Waals surface area contributed by atoms with Gasteiger partial charge in [-0.25, -0.2) is 4.98 Å². The lowest BCUT2D eigenvalue weighted by Crippen LogP contribution is -2.04. The number of rotatable bonds is 5. The number of hydrogen-bond donors (Lipinski definition) is 1. The van der Waals surface area contributed by atoms with Crippen molar-refractivity contribution in [2.24, 2.45) is 0 Å². The Hall–Kier alpha value is -0.980. The van der Waals surface area contributed by atoms with Crippen LogP contribution < -0.4 is 0 Å². The average Bonchev–Trinajstić information content (AvgIpc) is 2.82. The van der Waals surface area contributed by atoms with E-state index in [1.54, 1.807) is 6.20 Å². The third-order valence-electron chi connectivity index (χ3n) is 2.65. The number of thioether (sulfide) groups is 1. The number of aryl methyl sites for hydroxylation is 1. The minimum Gasteiger partial charge on any atom is -0.481 e. The van der Waals surface area contributed by atoms with Crippen LogP contribution in [0.15, 0.2) is 34.0 Å². The highest BCUT2D eigenvalue weighted by Gasteiger charge is 2.13. The highest BCUT2D eigenvalue weighted by atomic mass is 79.9. The van der Waals surface area contributed by atoms with Crippen LogP contribution in [0.2, 0.25) is 5.02 Å². The molecule has 0 radical (unpaired) electrons. The Kier molecular flexibility index (Phi) is 5.12. The molecule has 20 heavy (non-hydrogen) atoms. The molecule has 0 saturated carbocycles. The maximum atomic E-state index is 10.7. The molecular weight excluding hydrogens is 364 g/mol. The molecule has 0 amide bonds. The number of halogens is 2. The number of nitrogens with zero attached hydrogens (tertiary/aromatic N) is 2. The topological polar surface area (TPSA) is 55.1 Å². The zero-order chi connectivity index (χ0) is 14.7. The summed E-state index contributed by atoms with van der Waals surface area (Å²) in [5.41, 5.74) is 1.89. The molecule has 7 heteroatoms. The number of carboxylic acid groups (broad SMARTS) is 1. The zero-order valence-corrected chi connectivity index (χ0v) is 13.8. The second-order valence-electron chi connectivity index (χ2n) is 4.00. The van der Waals surface area contributed by atoms with Crippen LogP contribution in [0.1, 0.15) is 12.6 Å². The van der Waals surface area contributed by atoms with Crippen LogP contribution in [-0.2, 0) is 11.2 Å². The maximum Gasteiger partial charge on any atom is 0.313 e. The summed E-state index contributed by atoms with van der Waals surface area (Å²) in [5.74, 6) is -0.888. The van der Waals surface area contributed by atoms with E-state index in [0.29, 0.717) is 10.2 Å². The average molecular weight is 376 g/mol. The first-order valence-corrected chi connectivity index (χ1v) is 8.05. The molecule has 2 aromatic rings. The van der Waals surface area contributed by atoms with Crippen molar-refractivity contribution < 1.29 is 9.90 Å². The van der Waals surface area contributed by atoms with Gasteiger partial charge in [-0.3, -0.25) is 9.36 Å². The van der Waals surface area contributed by atoms with Crippen LogP contribution in [0.25, 0.3) is 5.69 Å². The number of benzene rings is 1. The number of imidazole rings is 1. The van der Waals surface area contributed by atoms with Crippen molar-refractivity contribution in [3.05, 3.63) is 39.6 Å². The van der Waals surface area contributed by atoms with Gasteiger partial charge in [-0.15, -0.1) is 0 Å². The van der Waals surface area contributed by atoms with E-state index in [4.69, 9.17) is 16.7 Å². The third-order valence-corrected chi connectivity index (χ3v) is 4.82. The standard InChI is InChI=1S/C13H12BrClN2O2S/c1-2-8-6-16-13(20-7-12(18)19)17(8)9-3-4-10(14)11(15)5-9/h3-6H,2,7H2,1H3,(H,18,19). The lowest BCUT2D eigenvalue weighted by molar-refractivity contribution is -0.133. The quantitative estimate of drug-likeness (QED) is 0.802. The van der Waals surface area contributed by atoms with Gasteiger partial charge in [0, 0.05) is 22.1 Å². The van der Waals surface area contributed by atoms with Gasteiger partial charge in [-0.05, 0) is 40.5 Å².